The van der Waals surface area contributed by atoms with Crippen molar-refractivity contribution in [2.45, 2.75) is 17.9 Å². The van der Waals surface area contributed by atoms with Crippen LogP contribution in [-0.4, -0.2) is 51.4 Å². The molecular formula is C17H20ClN3O3S. The molecule has 134 valence electrons. The van der Waals surface area contributed by atoms with Crippen molar-refractivity contribution in [2.75, 3.05) is 30.5 Å². The van der Waals surface area contributed by atoms with E-state index in [1.54, 1.807) is 23.1 Å². The molecule has 1 atom stereocenters. The highest BCUT2D eigenvalue weighted by Crippen LogP contribution is 2.41. The predicted octanol–water partition coefficient (Wildman–Crippen LogP) is 1.59. The SMILES string of the molecule is CC1CNCCN1C(=O)CN1c2cccc3cccc(c23)S1(=O)=O.Cl. The largest absolute Gasteiger partial charge is 0.336 e. The Morgan fingerprint density at radius 2 is 1.96 bits per heavy atom. The highest BCUT2D eigenvalue weighted by molar-refractivity contribution is 7.93. The molecule has 0 spiro atoms. The molecule has 1 saturated heterocycles. The van der Waals surface area contributed by atoms with E-state index in [2.05, 4.69) is 5.32 Å². The zero-order valence-corrected chi connectivity index (χ0v) is 15.4. The maximum absolute atomic E-state index is 12.9. The zero-order chi connectivity index (χ0) is 16.9. The lowest BCUT2D eigenvalue weighted by molar-refractivity contribution is -0.132. The summed E-state index contributed by atoms with van der Waals surface area (Å²) in [7, 11) is -3.68. The number of nitrogens with one attached hydrogen (secondary N) is 1. The molecule has 4 rings (SSSR count). The number of hydrogen-bond acceptors (Lipinski definition) is 4. The van der Waals surface area contributed by atoms with Gasteiger partial charge in [0.2, 0.25) is 5.91 Å². The third-order valence-electron chi connectivity index (χ3n) is 4.78. The number of benzene rings is 2. The number of carbonyl (C=O) groups excluding carboxylic acids is 1. The van der Waals surface area contributed by atoms with Crippen molar-refractivity contribution in [1.82, 2.24) is 10.2 Å². The second kappa shape index (κ2) is 6.48. The molecule has 2 aliphatic rings. The molecule has 6 nitrogen and oxygen atoms in total. The Balaban J connectivity index is 0.00000182. The first kappa shape index (κ1) is 18.0. The van der Waals surface area contributed by atoms with E-state index in [1.807, 2.05) is 25.1 Å². The van der Waals surface area contributed by atoms with E-state index in [0.29, 0.717) is 17.6 Å². The van der Waals surface area contributed by atoms with E-state index in [9.17, 15) is 13.2 Å². The summed E-state index contributed by atoms with van der Waals surface area (Å²) in [4.78, 5) is 14.8. The molecular weight excluding hydrogens is 362 g/mol. The van der Waals surface area contributed by atoms with Gasteiger partial charge in [0.15, 0.2) is 0 Å². The van der Waals surface area contributed by atoms with Gasteiger partial charge in [0.05, 0.1) is 10.6 Å². The van der Waals surface area contributed by atoms with Gasteiger partial charge in [-0.15, -0.1) is 12.4 Å². The first-order valence-corrected chi connectivity index (χ1v) is 9.49. The Kier molecular flexibility index (Phi) is 4.66. The predicted molar refractivity (Wildman–Crippen MR) is 99.8 cm³/mol. The molecule has 1 amide bonds. The average Bonchev–Trinajstić information content (AvgIpc) is 2.79. The Morgan fingerprint density at radius 3 is 2.68 bits per heavy atom. The van der Waals surface area contributed by atoms with Gasteiger partial charge >= 0.3 is 0 Å². The Morgan fingerprint density at radius 1 is 1.24 bits per heavy atom. The van der Waals surface area contributed by atoms with Crippen LogP contribution in [0.1, 0.15) is 6.92 Å². The van der Waals surface area contributed by atoms with Gasteiger partial charge in [0.1, 0.15) is 6.54 Å². The van der Waals surface area contributed by atoms with Crippen molar-refractivity contribution >= 4 is 44.8 Å². The highest BCUT2D eigenvalue weighted by atomic mass is 35.5. The third kappa shape index (κ3) is 2.76. The number of hydrogen-bond donors (Lipinski definition) is 1. The summed E-state index contributed by atoms with van der Waals surface area (Å²) in [6.07, 6.45) is 0. The van der Waals surface area contributed by atoms with Gasteiger partial charge in [0.25, 0.3) is 10.0 Å². The van der Waals surface area contributed by atoms with Gasteiger partial charge in [-0.1, -0.05) is 24.3 Å². The number of piperazine rings is 1. The van der Waals surface area contributed by atoms with E-state index in [1.165, 1.54) is 4.31 Å². The number of halogens is 1. The molecule has 2 heterocycles. The smallest absolute Gasteiger partial charge is 0.265 e. The second-order valence-corrected chi connectivity index (χ2v) is 8.11. The molecule has 2 aliphatic heterocycles. The lowest BCUT2D eigenvalue weighted by atomic mass is 10.1. The number of amides is 1. The van der Waals surface area contributed by atoms with Crippen LogP contribution in [0.3, 0.4) is 0 Å². The standard InChI is InChI=1S/C17H19N3O3S.ClH/c1-12-10-18-8-9-19(12)16(21)11-20-14-6-2-4-13-5-3-7-15(17(13)14)24(20,22)23;/h2-7,12,18H,8-11H2,1H3;1H. The average molecular weight is 382 g/mol. The summed E-state index contributed by atoms with van der Waals surface area (Å²) in [5.74, 6) is -0.155. The molecule has 1 N–H and O–H groups in total. The van der Waals surface area contributed by atoms with Crippen LogP contribution in [0, 0.1) is 0 Å². The van der Waals surface area contributed by atoms with Crippen LogP contribution in [0.2, 0.25) is 0 Å². The maximum atomic E-state index is 12.9. The number of carbonyl (C=O) groups is 1. The molecule has 8 heteroatoms. The summed E-state index contributed by atoms with van der Waals surface area (Å²) >= 11 is 0. The van der Waals surface area contributed by atoms with Gasteiger partial charge in [-0.3, -0.25) is 9.10 Å². The topological polar surface area (TPSA) is 69.7 Å². The lowest BCUT2D eigenvalue weighted by Crippen LogP contribution is -2.54. The third-order valence-corrected chi connectivity index (χ3v) is 6.58. The van der Waals surface area contributed by atoms with Crippen molar-refractivity contribution in [2.24, 2.45) is 0 Å². The zero-order valence-electron chi connectivity index (χ0n) is 13.8. The van der Waals surface area contributed by atoms with Gasteiger partial charge in [-0.05, 0) is 24.4 Å². The van der Waals surface area contributed by atoms with E-state index in [0.717, 1.165) is 18.5 Å². The summed E-state index contributed by atoms with van der Waals surface area (Å²) in [6, 6.07) is 10.8. The van der Waals surface area contributed by atoms with Crippen LogP contribution in [0.25, 0.3) is 10.8 Å². The van der Waals surface area contributed by atoms with Crippen molar-refractivity contribution in [1.29, 1.82) is 0 Å². The quantitative estimate of drug-likeness (QED) is 0.857. The molecule has 0 bridgehead atoms. The van der Waals surface area contributed by atoms with Crippen LogP contribution in [0.4, 0.5) is 5.69 Å². The Hall–Kier alpha value is -1.83. The number of anilines is 1. The van der Waals surface area contributed by atoms with Crippen molar-refractivity contribution < 1.29 is 13.2 Å². The van der Waals surface area contributed by atoms with E-state index in [4.69, 9.17) is 0 Å². The van der Waals surface area contributed by atoms with Gasteiger partial charge in [-0.25, -0.2) is 8.42 Å². The minimum atomic E-state index is -3.68. The van der Waals surface area contributed by atoms with Crippen LogP contribution < -0.4 is 9.62 Å². The minimum absolute atomic E-state index is 0. The van der Waals surface area contributed by atoms with Crippen LogP contribution in [-0.2, 0) is 14.8 Å². The number of nitrogens with zero attached hydrogens (tertiary/aromatic N) is 2. The van der Waals surface area contributed by atoms with Crippen molar-refractivity contribution in [3.8, 4) is 0 Å². The minimum Gasteiger partial charge on any atom is -0.336 e. The first-order valence-electron chi connectivity index (χ1n) is 8.05. The molecule has 25 heavy (non-hydrogen) atoms. The number of rotatable bonds is 2. The molecule has 0 aliphatic carbocycles. The lowest BCUT2D eigenvalue weighted by Gasteiger charge is -2.35. The van der Waals surface area contributed by atoms with E-state index in [-0.39, 0.29) is 35.8 Å². The molecule has 0 radical (unpaired) electrons. The van der Waals surface area contributed by atoms with Gasteiger partial charge < -0.3 is 10.2 Å². The second-order valence-electron chi connectivity index (χ2n) is 6.28. The normalized spacial score (nSPS) is 21.2. The fraction of sp³-hybridized carbons (Fsp3) is 0.353. The van der Waals surface area contributed by atoms with Gasteiger partial charge in [-0.2, -0.15) is 0 Å². The molecule has 0 aromatic heterocycles. The molecule has 2 aromatic rings. The Bertz CT molecular complexity index is 927. The monoisotopic (exact) mass is 381 g/mol. The fourth-order valence-corrected chi connectivity index (χ4v) is 5.21. The maximum Gasteiger partial charge on any atom is 0.265 e. The van der Waals surface area contributed by atoms with Gasteiger partial charge in [0, 0.05) is 31.1 Å². The van der Waals surface area contributed by atoms with Crippen LogP contribution >= 0.6 is 12.4 Å². The molecule has 1 unspecified atom stereocenters. The molecule has 1 fully saturated rings. The first-order chi connectivity index (χ1) is 11.5. The van der Waals surface area contributed by atoms with Crippen molar-refractivity contribution in [3.05, 3.63) is 36.4 Å². The Labute approximate surface area is 153 Å². The summed E-state index contributed by atoms with van der Waals surface area (Å²) in [6.45, 7) is 3.89. The van der Waals surface area contributed by atoms with Crippen molar-refractivity contribution in [3.63, 3.8) is 0 Å². The molecule has 0 saturated carbocycles. The van der Waals surface area contributed by atoms with E-state index >= 15 is 0 Å². The highest BCUT2D eigenvalue weighted by Gasteiger charge is 2.38. The van der Waals surface area contributed by atoms with Crippen LogP contribution in [0.5, 0.6) is 0 Å². The van der Waals surface area contributed by atoms with E-state index < -0.39 is 10.0 Å². The molecule has 2 aromatic carbocycles. The summed E-state index contributed by atoms with van der Waals surface area (Å²) in [5, 5.41) is 4.82. The fourth-order valence-electron chi connectivity index (χ4n) is 3.55. The number of sulfonamides is 1. The summed E-state index contributed by atoms with van der Waals surface area (Å²) < 4.78 is 27.1. The van der Waals surface area contributed by atoms with Crippen LogP contribution in [0.15, 0.2) is 41.3 Å². The summed E-state index contributed by atoms with van der Waals surface area (Å²) in [5.41, 5.74) is 0.597.